The third-order valence-corrected chi connectivity index (χ3v) is 3.81. The number of nitrogens with two attached hydrogens (primary N) is 2. The number of aromatic hydroxyl groups is 1. The summed E-state index contributed by atoms with van der Waals surface area (Å²) in [7, 11) is -3.94. The van der Waals surface area contributed by atoms with Gasteiger partial charge in [-0.1, -0.05) is 19.9 Å². The molecule has 5 nitrogen and oxygen atoms in total. The molecule has 0 spiro atoms. The van der Waals surface area contributed by atoms with E-state index in [-0.39, 0.29) is 23.1 Å². The highest BCUT2D eigenvalue weighted by molar-refractivity contribution is 7.89. The van der Waals surface area contributed by atoms with E-state index >= 15 is 0 Å². The van der Waals surface area contributed by atoms with E-state index in [1.807, 2.05) is 13.8 Å². The molecule has 0 amide bonds. The Hall–Kier alpha value is -1.11. The summed E-state index contributed by atoms with van der Waals surface area (Å²) in [6.07, 6.45) is 0.860. The minimum atomic E-state index is -3.94. The van der Waals surface area contributed by atoms with E-state index in [1.54, 1.807) is 6.07 Å². The second kappa shape index (κ2) is 5.03. The molecule has 0 aliphatic carbocycles. The van der Waals surface area contributed by atoms with Crippen molar-refractivity contribution in [3.63, 3.8) is 0 Å². The topological polar surface area (TPSA) is 106 Å². The fraction of sp³-hybridized carbons (Fsp3) is 0.455. The van der Waals surface area contributed by atoms with E-state index < -0.39 is 10.0 Å². The Morgan fingerprint density at radius 2 is 2.00 bits per heavy atom. The van der Waals surface area contributed by atoms with Crippen molar-refractivity contribution in [1.29, 1.82) is 0 Å². The number of phenolic OH excluding ortho intramolecular Hbond substituents is 1. The molecule has 0 fully saturated rings. The van der Waals surface area contributed by atoms with E-state index in [9.17, 15) is 13.5 Å². The number of hydrogen-bond acceptors (Lipinski definition) is 4. The van der Waals surface area contributed by atoms with Crippen molar-refractivity contribution in [2.75, 3.05) is 0 Å². The van der Waals surface area contributed by atoms with Gasteiger partial charge in [0, 0.05) is 12.1 Å². The monoisotopic (exact) mass is 258 g/mol. The Morgan fingerprint density at radius 1 is 1.41 bits per heavy atom. The first-order chi connectivity index (χ1) is 7.81. The zero-order valence-electron chi connectivity index (χ0n) is 9.97. The molecule has 1 rings (SSSR count). The summed E-state index contributed by atoms with van der Waals surface area (Å²) in [6, 6.07) is 3.14. The van der Waals surface area contributed by atoms with Gasteiger partial charge < -0.3 is 10.8 Å². The highest BCUT2D eigenvalue weighted by Crippen LogP contribution is 2.31. The standard InChI is InChI=1S/C11H18N2O3S/c1-3-7(2)8-4-9(6-12)11(14)10(5-8)17(13,15)16/h4-5,7,14H,3,6,12H2,1-2H3,(H2,13,15,16). The van der Waals surface area contributed by atoms with Gasteiger partial charge in [0.15, 0.2) is 0 Å². The van der Waals surface area contributed by atoms with Gasteiger partial charge in [-0.3, -0.25) is 0 Å². The van der Waals surface area contributed by atoms with Crippen molar-refractivity contribution in [3.8, 4) is 5.75 Å². The fourth-order valence-electron chi connectivity index (χ4n) is 1.58. The fourth-order valence-corrected chi connectivity index (χ4v) is 2.28. The third-order valence-electron chi connectivity index (χ3n) is 2.88. The van der Waals surface area contributed by atoms with Crippen LogP contribution in [-0.2, 0) is 16.6 Å². The summed E-state index contributed by atoms with van der Waals surface area (Å²) in [4.78, 5) is -0.254. The van der Waals surface area contributed by atoms with Crippen LogP contribution >= 0.6 is 0 Å². The van der Waals surface area contributed by atoms with Gasteiger partial charge in [0.2, 0.25) is 10.0 Å². The maximum absolute atomic E-state index is 11.4. The third kappa shape index (κ3) is 2.96. The normalized spacial score (nSPS) is 13.6. The average molecular weight is 258 g/mol. The van der Waals surface area contributed by atoms with Crippen molar-refractivity contribution in [2.45, 2.75) is 37.6 Å². The summed E-state index contributed by atoms with van der Waals surface area (Å²) < 4.78 is 22.7. The molecule has 1 aromatic rings. The molecule has 5 N–H and O–H groups in total. The molecule has 17 heavy (non-hydrogen) atoms. The van der Waals surface area contributed by atoms with Crippen molar-refractivity contribution in [1.82, 2.24) is 0 Å². The molecule has 1 unspecified atom stereocenters. The zero-order valence-corrected chi connectivity index (χ0v) is 10.8. The lowest BCUT2D eigenvalue weighted by Gasteiger charge is -2.14. The van der Waals surface area contributed by atoms with Crippen LogP contribution in [0.1, 0.15) is 37.3 Å². The van der Waals surface area contributed by atoms with Gasteiger partial charge in [0.05, 0.1) is 0 Å². The van der Waals surface area contributed by atoms with Gasteiger partial charge >= 0.3 is 0 Å². The Kier molecular flexibility index (Phi) is 4.13. The molecule has 0 aliphatic heterocycles. The Bertz CT molecular complexity index is 512. The summed E-state index contributed by atoms with van der Waals surface area (Å²) in [6.45, 7) is 4.04. The number of sulfonamides is 1. The van der Waals surface area contributed by atoms with Gasteiger partial charge in [-0.15, -0.1) is 0 Å². The molecule has 0 saturated heterocycles. The Morgan fingerprint density at radius 3 is 2.41 bits per heavy atom. The summed E-state index contributed by atoms with van der Waals surface area (Å²) in [5.74, 6) is -0.163. The van der Waals surface area contributed by atoms with Gasteiger partial charge in [0.1, 0.15) is 10.6 Å². The molecular formula is C11H18N2O3S. The van der Waals surface area contributed by atoms with E-state index in [0.717, 1.165) is 12.0 Å². The average Bonchev–Trinajstić information content (AvgIpc) is 2.26. The number of primary sulfonamides is 1. The second-order valence-electron chi connectivity index (χ2n) is 4.09. The zero-order chi connectivity index (χ0) is 13.2. The lowest BCUT2D eigenvalue weighted by Crippen LogP contribution is -2.14. The van der Waals surface area contributed by atoms with Crippen LogP contribution < -0.4 is 10.9 Å². The molecule has 0 aliphatic rings. The smallest absolute Gasteiger partial charge is 0.241 e. The van der Waals surface area contributed by atoms with Gasteiger partial charge in [0.25, 0.3) is 0 Å². The minimum Gasteiger partial charge on any atom is -0.506 e. The van der Waals surface area contributed by atoms with E-state index in [2.05, 4.69) is 0 Å². The molecule has 1 atom stereocenters. The highest BCUT2D eigenvalue weighted by atomic mass is 32.2. The summed E-state index contributed by atoms with van der Waals surface area (Å²) >= 11 is 0. The van der Waals surface area contributed by atoms with Crippen LogP contribution in [-0.4, -0.2) is 13.5 Å². The predicted molar refractivity (Wildman–Crippen MR) is 66.1 cm³/mol. The van der Waals surface area contributed by atoms with Crippen molar-refractivity contribution in [3.05, 3.63) is 23.3 Å². The lowest BCUT2D eigenvalue weighted by molar-refractivity contribution is 0.451. The summed E-state index contributed by atoms with van der Waals surface area (Å²) in [5, 5.41) is 14.8. The maximum atomic E-state index is 11.4. The van der Waals surface area contributed by atoms with Crippen molar-refractivity contribution in [2.24, 2.45) is 10.9 Å². The van der Waals surface area contributed by atoms with E-state index in [0.29, 0.717) is 5.56 Å². The van der Waals surface area contributed by atoms with Gasteiger partial charge in [-0.25, -0.2) is 13.6 Å². The van der Waals surface area contributed by atoms with Gasteiger partial charge in [-0.2, -0.15) is 0 Å². The first-order valence-electron chi connectivity index (χ1n) is 5.39. The van der Waals surface area contributed by atoms with Crippen molar-refractivity contribution < 1.29 is 13.5 Å². The van der Waals surface area contributed by atoms with E-state index in [4.69, 9.17) is 10.9 Å². The SMILES string of the molecule is CCC(C)c1cc(CN)c(O)c(S(N)(=O)=O)c1. The largest absolute Gasteiger partial charge is 0.506 e. The molecule has 0 radical (unpaired) electrons. The van der Waals surface area contributed by atoms with E-state index in [1.165, 1.54) is 6.07 Å². The van der Waals surface area contributed by atoms with Crippen LogP contribution in [0, 0.1) is 0 Å². The number of rotatable bonds is 4. The Labute approximate surface area is 101 Å². The van der Waals surface area contributed by atoms with Crippen LogP contribution in [0.3, 0.4) is 0 Å². The highest BCUT2D eigenvalue weighted by Gasteiger charge is 2.19. The quantitative estimate of drug-likeness (QED) is 0.749. The first kappa shape index (κ1) is 14.0. The lowest BCUT2D eigenvalue weighted by atomic mass is 9.96. The van der Waals surface area contributed by atoms with Crippen molar-refractivity contribution >= 4 is 10.0 Å². The molecule has 0 aromatic heterocycles. The number of benzene rings is 1. The minimum absolute atomic E-state index is 0.0681. The molecule has 0 saturated carbocycles. The molecule has 0 heterocycles. The first-order valence-corrected chi connectivity index (χ1v) is 6.94. The summed E-state index contributed by atoms with van der Waals surface area (Å²) in [5.41, 5.74) is 6.69. The number of hydrogen-bond donors (Lipinski definition) is 3. The molecular weight excluding hydrogens is 240 g/mol. The maximum Gasteiger partial charge on any atom is 0.241 e. The molecule has 1 aromatic carbocycles. The molecule has 0 bridgehead atoms. The predicted octanol–water partition coefficient (Wildman–Crippen LogP) is 1.01. The Balaban J connectivity index is 3.50. The van der Waals surface area contributed by atoms with Crippen LogP contribution in [0.4, 0.5) is 0 Å². The van der Waals surface area contributed by atoms with Crippen LogP contribution in [0.2, 0.25) is 0 Å². The molecule has 96 valence electrons. The van der Waals surface area contributed by atoms with Crippen LogP contribution in [0.25, 0.3) is 0 Å². The van der Waals surface area contributed by atoms with Gasteiger partial charge in [-0.05, 0) is 24.0 Å². The molecule has 6 heteroatoms. The van der Waals surface area contributed by atoms with Crippen LogP contribution in [0.5, 0.6) is 5.75 Å². The second-order valence-corrected chi connectivity index (χ2v) is 5.62. The number of phenols is 1. The van der Waals surface area contributed by atoms with Crippen LogP contribution in [0.15, 0.2) is 17.0 Å².